The first-order valence-electron chi connectivity index (χ1n) is 6.02. The first-order valence-corrected chi connectivity index (χ1v) is 6.02. The second-order valence-electron chi connectivity index (χ2n) is 4.95. The molecule has 0 radical (unpaired) electrons. The highest BCUT2D eigenvalue weighted by Crippen LogP contribution is 2.24. The summed E-state index contributed by atoms with van der Waals surface area (Å²) >= 11 is 0. The Hall–Kier alpha value is -0.610. The van der Waals surface area contributed by atoms with Crippen LogP contribution in [0.2, 0.25) is 0 Å². The molecular formula is C12H24N2O2. The van der Waals surface area contributed by atoms with Gasteiger partial charge in [-0.1, -0.05) is 13.8 Å². The van der Waals surface area contributed by atoms with Gasteiger partial charge < -0.3 is 15.0 Å². The molecule has 16 heavy (non-hydrogen) atoms. The summed E-state index contributed by atoms with van der Waals surface area (Å²) in [7, 11) is 3.59. The van der Waals surface area contributed by atoms with Crippen LogP contribution >= 0.6 is 0 Å². The van der Waals surface area contributed by atoms with Crippen molar-refractivity contribution in [3.8, 4) is 0 Å². The Morgan fingerprint density at radius 2 is 2.25 bits per heavy atom. The Morgan fingerprint density at radius 3 is 2.69 bits per heavy atom. The molecule has 94 valence electrons. The van der Waals surface area contributed by atoms with E-state index in [4.69, 9.17) is 4.74 Å². The van der Waals surface area contributed by atoms with Crippen molar-refractivity contribution in [2.75, 3.05) is 33.9 Å². The van der Waals surface area contributed by atoms with E-state index in [0.29, 0.717) is 24.9 Å². The van der Waals surface area contributed by atoms with Gasteiger partial charge in [0.05, 0.1) is 6.61 Å². The minimum atomic E-state index is 0.236. The quantitative estimate of drug-likeness (QED) is 0.728. The number of likely N-dealkylation sites (tertiary alicyclic amines) is 1. The molecule has 0 aromatic rings. The summed E-state index contributed by atoms with van der Waals surface area (Å²) < 4.78 is 5.11. The van der Waals surface area contributed by atoms with Crippen LogP contribution in [0.25, 0.3) is 0 Å². The fourth-order valence-corrected chi connectivity index (χ4v) is 2.12. The van der Waals surface area contributed by atoms with E-state index in [1.54, 1.807) is 7.11 Å². The van der Waals surface area contributed by atoms with Gasteiger partial charge in [0.25, 0.3) is 0 Å². The number of likely N-dealkylation sites (N-methyl/N-ethyl adjacent to an activating group) is 1. The summed E-state index contributed by atoms with van der Waals surface area (Å²) in [6, 6.07) is 0.236. The lowest BCUT2D eigenvalue weighted by atomic mass is 9.95. The molecule has 0 aromatic carbocycles. The van der Waals surface area contributed by atoms with Crippen LogP contribution in [0, 0.1) is 11.8 Å². The topological polar surface area (TPSA) is 41.6 Å². The number of nitrogens with zero attached hydrogens (tertiary/aromatic N) is 1. The molecule has 1 rings (SSSR count). The number of nitrogens with one attached hydrogen (secondary N) is 1. The van der Waals surface area contributed by atoms with E-state index in [1.165, 1.54) is 0 Å². The zero-order valence-electron chi connectivity index (χ0n) is 10.8. The normalized spacial score (nSPS) is 23.2. The smallest absolute Gasteiger partial charge is 0.222 e. The summed E-state index contributed by atoms with van der Waals surface area (Å²) in [5.74, 6) is 1.40. The van der Waals surface area contributed by atoms with E-state index in [-0.39, 0.29) is 11.9 Å². The molecule has 4 nitrogen and oxygen atoms in total. The van der Waals surface area contributed by atoms with E-state index in [2.05, 4.69) is 19.2 Å². The molecule has 0 spiro atoms. The maximum Gasteiger partial charge on any atom is 0.222 e. The molecule has 0 aliphatic carbocycles. The average Bonchev–Trinajstić information content (AvgIpc) is 2.60. The highest BCUT2D eigenvalue weighted by molar-refractivity contribution is 5.78. The Kier molecular flexibility index (Phi) is 5.22. The van der Waals surface area contributed by atoms with Crippen LogP contribution in [0.5, 0.6) is 0 Å². The van der Waals surface area contributed by atoms with Gasteiger partial charge in [0.15, 0.2) is 0 Å². The highest BCUT2D eigenvalue weighted by Gasteiger charge is 2.32. The molecule has 1 N–H and O–H groups in total. The first kappa shape index (κ1) is 13.5. The Bertz CT molecular complexity index is 231. The van der Waals surface area contributed by atoms with E-state index in [0.717, 1.165) is 13.1 Å². The number of methoxy groups -OCH3 is 1. The SMILES string of the molecule is CNC(COC)CN1CC(C(C)C)CC1=O. The number of hydrogen-bond donors (Lipinski definition) is 1. The fraction of sp³-hybridized carbons (Fsp3) is 0.917. The van der Waals surface area contributed by atoms with Crippen LogP contribution in [0.15, 0.2) is 0 Å². The Labute approximate surface area is 98.3 Å². The number of ether oxygens (including phenoxy) is 1. The first-order chi connectivity index (χ1) is 7.58. The standard InChI is InChI=1S/C12H24N2O2/c1-9(2)10-5-12(15)14(6-10)7-11(13-3)8-16-4/h9-11,13H,5-8H2,1-4H3. The molecule has 2 unspecified atom stereocenters. The molecular weight excluding hydrogens is 204 g/mol. The molecule has 1 saturated heterocycles. The van der Waals surface area contributed by atoms with Gasteiger partial charge in [-0.25, -0.2) is 0 Å². The van der Waals surface area contributed by atoms with Gasteiger partial charge in [-0.05, 0) is 18.9 Å². The molecule has 4 heteroatoms. The molecule has 1 heterocycles. The van der Waals surface area contributed by atoms with Crippen molar-refractivity contribution in [1.29, 1.82) is 0 Å². The number of hydrogen-bond acceptors (Lipinski definition) is 3. The Balaban J connectivity index is 2.45. The van der Waals surface area contributed by atoms with E-state index < -0.39 is 0 Å². The summed E-state index contributed by atoms with van der Waals surface area (Å²) in [4.78, 5) is 13.8. The number of carbonyl (C=O) groups is 1. The van der Waals surface area contributed by atoms with Crippen molar-refractivity contribution in [3.63, 3.8) is 0 Å². The van der Waals surface area contributed by atoms with Crippen LogP contribution in [0.4, 0.5) is 0 Å². The molecule has 0 bridgehead atoms. The van der Waals surface area contributed by atoms with Crippen molar-refractivity contribution in [2.45, 2.75) is 26.3 Å². The summed E-state index contributed by atoms with van der Waals surface area (Å²) in [5.41, 5.74) is 0. The third-order valence-electron chi connectivity index (χ3n) is 3.40. The summed E-state index contributed by atoms with van der Waals surface area (Å²) in [6.07, 6.45) is 0.709. The van der Waals surface area contributed by atoms with Crippen molar-refractivity contribution in [1.82, 2.24) is 10.2 Å². The molecule has 1 amide bonds. The average molecular weight is 228 g/mol. The fourth-order valence-electron chi connectivity index (χ4n) is 2.12. The summed E-state index contributed by atoms with van der Waals surface area (Å²) in [6.45, 7) is 6.68. The van der Waals surface area contributed by atoms with Gasteiger partial charge in [-0.2, -0.15) is 0 Å². The van der Waals surface area contributed by atoms with Gasteiger partial charge in [0, 0.05) is 32.7 Å². The van der Waals surface area contributed by atoms with E-state index in [1.807, 2.05) is 11.9 Å². The number of rotatable bonds is 6. The molecule has 1 fully saturated rings. The summed E-state index contributed by atoms with van der Waals surface area (Å²) in [5, 5.41) is 3.18. The van der Waals surface area contributed by atoms with Crippen LogP contribution in [0.1, 0.15) is 20.3 Å². The van der Waals surface area contributed by atoms with Crippen molar-refractivity contribution >= 4 is 5.91 Å². The van der Waals surface area contributed by atoms with Crippen LogP contribution in [0.3, 0.4) is 0 Å². The molecule has 0 saturated carbocycles. The second kappa shape index (κ2) is 6.21. The minimum absolute atomic E-state index is 0.236. The third-order valence-corrected chi connectivity index (χ3v) is 3.40. The van der Waals surface area contributed by atoms with Gasteiger partial charge in [-0.3, -0.25) is 4.79 Å². The van der Waals surface area contributed by atoms with Gasteiger partial charge in [-0.15, -0.1) is 0 Å². The van der Waals surface area contributed by atoms with E-state index in [9.17, 15) is 4.79 Å². The largest absolute Gasteiger partial charge is 0.383 e. The van der Waals surface area contributed by atoms with Crippen LogP contribution < -0.4 is 5.32 Å². The third kappa shape index (κ3) is 3.46. The van der Waals surface area contributed by atoms with Crippen LogP contribution in [-0.2, 0) is 9.53 Å². The predicted molar refractivity (Wildman–Crippen MR) is 64.2 cm³/mol. The lowest BCUT2D eigenvalue weighted by Crippen LogP contribution is -2.43. The number of carbonyl (C=O) groups excluding carboxylic acids is 1. The molecule has 1 aliphatic rings. The van der Waals surface area contributed by atoms with Gasteiger partial charge >= 0.3 is 0 Å². The lowest BCUT2D eigenvalue weighted by Gasteiger charge is -2.23. The number of amides is 1. The lowest BCUT2D eigenvalue weighted by molar-refractivity contribution is -0.128. The highest BCUT2D eigenvalue weighted by atomic mass is 16.5. The molecule has 2 atom stereocenters. The second-order valence-corrected chi connectivity index (χ2v) is 4.95. The molecule has 0 aromatic heterocycles. The van der Waals surface area contributed by atoms with E-state index >= 15 is 0 Å². The van der Waals surface area contributed by atoms with Gasteiger partial charge in [0.1, 0.15) is 0 Å². The van der Waals surface area contributed by atoms with Crippen molar-refractivity contribution in [3.05, 3.63) is 0 Å². The zero-order valence-corrected chi connectivity index (χ0v) is 10.8. The predicted octanol–water partition coefficient (Wildman–Crippen LogP) is 0.725. The minimum Gasteiger partial charge on any atom is -0.383 e. The van der Waals surface area contributed by atoms with Crippen molar-refractivity contribution in [2.24, 2.45) is 11.8 Å². The zero-order chi connectivity index (χ0) is 12.1. The van der Waals surface area contributed by atoms with Crippen molar-refractivity contribution < 1.29 is 9.53 Å². The van der Waals surface area contributed by atoms with Crippen LogP contribution in [-0.4, -0.2) is 50.7 Å². The maximum absolute atomic E-state index is 11.8. The van der Waals surface area contributed by atoms with Gasteiger partial charge in [0.2, 0.25) is 5.91 Å². The molecule has 1 aliphatic heterocycles. The maximum atomic E-state index is 11.8. The Morgan fingerprint density at radius 1 is 1.56 bits per heavy atom. The monoisotopic (exact) mass is 228 g/mol.